The quantitative estimate of drug-likeness (QED) is 0.427. The average molecular weight is 474 g/mol. The molecule has 4 rings (SSSR count). The number of piperazine rings is 1. The van der Waals surface area contributed by atoms with E-state index in [2.05, 4.69) is 17.0 Å². The highest BCUT2D eigenvalue weighted by Gasteiger charge is 2.31. The number of carbonyl (C=O) groups excluding carboxylic acids is 1. The molecular formula is C25H23Cl3N2O. The first-order chi connectivity index (χ1) is 14.9. The predicted octanol–water partition coefficient (Wildman–Crippen LogP) is 6.59. The molecule has 0 bridgehead atoms. The molecule has 0 unspecified atom stereocenters. The van der Waals surface area contributed by atoms with Crippen molar-refractivity contribution in [3.63, 3.8) is 0 Å². The zero-order valence-electron chi connectivity index (χ0n) is 17.2. The summed E-state index contributed by atoms with van der Waals surface area (Å²) in [5.41, 5.74) is 4.12. The van der Waals surface area contributed by atoms with Crippen LogP contribution in [0.15, 0.2) is 66.7 Å². The minimum atomic E-state index is -0.0189. The van der Waals surface area contributed by atoms with Crippen molar-refractivity contribution >= 4 is 46.4 Å². The Labute approximate surface area is 198 Å². The minimum Gasteiger partial charge on any atom is -0.360 e. The van der Waals surface area contributed by atoms with E-state index in [0.717, 1.165) is 27.4 Å². The zero-order chi connectivity index (χ0) is 22.0. The molecule has 0 saturated carbocycles. The van der Waals surface area contributed by atoms with Crippen LogP contribution in [0.25, 0.3) is 0 Å². The summed E-state index contributed by atoms with van der Waals surface area (Å²) in [6.45, 7) is 3.93. The molecule has 0 spiro atoms. The summed E-state index contributed by atoms with van der Waals surface area (Å²) in [6, 6.07) is 21.4. The Morgan fingerprint density at radius 1 is 0.935 bits per heavy atom. The Kier molecular flexibility index (Phi) is 6.76. The largest absolute Gasteiger partial charge is 0.360 e. The lowest BCUT2D eigenvalue weighted by Gasteiger charge is -2.43. The number of halogens is 3. The molecule has 31 heavy (non-hydrogen) atoms. The Bertz CT molecular complexity index is 1080. The van der Waals surface area contributed by atoms with Gasteiger partial charge in [0.25, 0.3) is 0 Å². The molecule has 1 saturated heterocycles. The molecule has 1 amide bonds. The number of aryl methyl sites for hydroxylation is 1. The van der Waals surface area contributed by atoms with Crippen molar-refractivity contribution in [3.8, 4) is 0 Å². The predicted molar refractivity (Wildman–Crippen MR) is 129 cm³/mol. The van der Waals surface area contributed by atoms with Crippen molar-refractivity contribution < 1.29 is 4.79 Å². The number of hydrogen-bond acceptors (Lipinski definition) is 2. The maximum absolute atomic E-state index is 13.1. The van der Waals surface area contributed by atoms with E-state index in [1.54, 1.807) is 0 Å². The van der Waals surface area contributed by atoms with E-state index >= 15 is 0 Å². The Morgan fingerprint density at radius 3 is 2.42 bits per heavy atom. The van der Waals surface area contributed by atoms with E-state index in [9.17, 15) is 4.79 Å². The lowest BCUT2D eigenvalue weighted by molar-refractivity contribution is -0.131. The maximum atomic E-state index is 13.1. The number of rotatable bonds is 4. The van der Waals surface area contributed by atoms with Gasteiger partial charge in [0.05, 0.1) is 23.2 Å². The second-order valence-corrected chi connectivity index (χ2v) is 9.14. The van der Waals surface area contributed by atoms with E-state index in [-0.39, 0.29) is 11.9 Å². The van der Waals surface area contributed by atoms with Crippen LogP contribution in [0, 0.1) is 6.92 Å². The van der Waals surface area contributed by atoms with Crippen LogP contribution in [0.3, 0.4) is 0 Å². The van der Waals surface area contributed by atoms with Gasteiger partial charge < -0.3 is 9.80 Å². The molecule has 1 aliphatic rings. The molecule has 0 aromatic heterocycles. The topological polar surface area (TPSA) is 23.6 Å². The number of amides is 1. The third-order valence-electron chi connectivity index (χ3n) is 5.64. The first kappa shape index (κ1) is 22.0. The van der Waals surface area contributed by atoms with Crippen molar-refractivity contribution in [2.75, 3.05) is 24.5 Å². The smallest absolute Gasteiger partial charge is 0.227 e. The van der Waals surface area contributed by atoms with Crippen molar-refractivity contribution in [3.05, 3.63) is 98.5 Å². The highest BCUT2D eigenvalue weighted by molar-refractivity contribution is 6.33. The third-order valence-corrected chi connectivity index (χ3v) is 6.43. The Balaban J connectivity index is 1.60. The van der Waals surface area contributed by atoms with Gasteiger partial charge in [0.2, 0.25) is 5.91 Å². The van der Waals surface area contributed by atoms with Crippen molar-refractivity contribution in [1.29, 1.82) is 0 Å². The highest BCUT2D eigenvalue weighted by Crippen LogP contribution is 2.36. The lowest BCUT2D eigenvalue weighted by Crippen LogP contribution is -2.51. The lowest BCUT2D eigenvalue weighted by atomic mass is 10.00. The van der Waals surface area contributed by atoms with E-state index < -0.39 is 0 Å². The number of carbonyl (C=O) groups is 1. The number of anilines is 1. The first-order valence-electron chi connectivity index (χ1n) is 10.2. The molecule has 0 aliphatic carbocycles. The summed E-state index contributed by atoms with van der Waals surface area (Å²) < 4.78 is 0. The highest BCUT2D eigenvalue weighted by atomic mass is 35.5. The van der Waals surface area contributed by atoms with Gasteiger partial charge in [-0.3, -0.25) is 4.79 Å². The van der Waals surface area contributed by atoms with Crippen molar-refractivity contribution in [2.45, 2.75) is 19.4 Å². The minimum absolute atomic E-state index is 0.0189. The zero-order valence-corrected chi connectivity index (χ0v) is 19.5. The summed E-state index contributed by atoms with van der Waals surface area (Å²) in [7, 11) is 0. The second-order valence-electron chi connectivity index (χ2n) is 7.86. The molecule has 0 N–H and O–H groups in total. The van der Waals surface area contributed by atoms with E-state index in [0.29, 0.717) is 36.1 Å². The third kappa shape index (κ3) is 5.17. The molecule has 1 fully saturated rings. The Morgan fingerprint density at radius 2 is 1.71 bits per heavy atom. The van der Waals surface area contributed by atoms with Gasteiger partial charge in [-0.2, -0.15) is 0 Å². The summed E-state index contributed by atoms with van der Waals surface area (Å²) in [4.78, 5) is 17.3. The average Bonchev–Trinajstić information content (AvgIpc) is 2.74. The van der Waals surface area contributed by atoms with Crippen LogP contribution >= 0.6 is 34.8 Å². The van der Waals surface area contributed by atoms with Gasteiger partial charge in [-0.05, 0) is 60.0 Å². The maximum Gasteiger partial charge on any atom is 0.227 e. The number of hydrogen-bond donors (Lipinski definition) is 0. The molecule has 6 heteroatoms. The Hall–Kier alpha value is -2.20. The van der Waals surface area contributed by atoms with Gasteiger partial charge in [-0.25, -0.2) is 0 Å². The van der Waals surface area contributed by atoms with Crippen molar-refractivity contribution in [1.82, 2.24) is 4.90 Å². The SMILES string of the molecule is Cc1ccc(N2CCN(C(=O)Cc3cccc(Cl)c3)C[C@H]2c2ccc(Cl)cc2)c(Cl)c1. The van der Waals surface area contributed by atoms with E-state index in [1.165, 1.54) is 0 Å². The molecule has 0 radical (unpaired) electrons. The van der Waals surface area contributed by atoms with E-state index in [4.69, 9.17) is 34.8 Å². The fraction of sp³-hybridized carbons (Fsp3) is 0.240. The fourth-order valence-corrected chi connectivity index (χ4v) is 4.73. The molecule has 3 aromatic rings. The first-order valence-corrected chi connectivity index (χ1v) is 11.3. The summed E-state index contributed by atoms with van der Waals surface area (Å²) in [5.74, 6) is 0.0934. The standard InChI is InChI=1S/C25H23Cl3N2O/c1-17-5-10-23(22(28)13-17)30-12-11-29(16-24(30)19-6-8-20(26)9-7-19)25(31)15-18-3-2-4-21(27)14-18/h2-10,13-14,24H,11-12,15-16H2,1H3/t24-/m0/s1. The van der Waals surface area contributed by atoms with Crippen molar-refractivity contribution in [2.24, 2.45) is 0 Å². The van der Waals surface area contributed by atoms with Gasteiger partial charge in [-0.15, -0.1) is 0 Å². The molecule has 1 aliphatic heterocycles. The molecule has 1 heterocycles. The van der Waals surface area contributed by atoms with E-state index in [1.807, 2.05) is 66.4 Å². The van der Waals surface area contributed by atoms with Crippen LogP contribution in [0.2, 0.25) is 15.1 Å². The van der Waals surface area contributed by atoms with Crippen LogP contribution in [0.1, 0.15) is 22.7 Å². The fourth-order valence-electron chi connectivity index (χ4n) is 4.05. The van der Waals surface area contributed by atoms with Gasteiger partial charge in [-0.1, -0.05) is 65.1 Å². The molecular weight excluding hydrogens is 451 g/mol. The van der Waals surface area contributed by atoms with Crippen LogP contribution in [0.4, 0.5) is 5.69 Å². The normalized spacial score (nSPS) is 16.5. The summed E-state index contributed by atoms with van der Waals surface area (Å²) in [5, 5.41) is 2.05. The number of benzene rings is 3. The van der Waals surface area contributed by atoms with Gasteiger partial charge in [0, 0.05) is 29.7 Å². The molecule has 1 atom stereocenters. The number of nitrogens with zero attached hydrogens (tertiary/aromatic N) is 2. The summed E-state index contributed by atoms with van der Waals surface area (Å²) in [6.07, 6.45) is 0.333. The van der Waals surface area contributed by atoms with Crippen LogP contribution in [-0.4, -0.2) is 30.4 Å². The van der Waals surface area contributed by atoms with Gasteiger partial charge >= 0.3 is 0 Å². The summed E-state index contributed by atoms with van der Waals surface area (Å²) >= 11 is 18.8. The van der Waals surface area contributed by atoms with Crippen LogP contribution in [0.5, 0.6) is 0 Å². The second kappa shape index (κ2) is 9.52. The van der Waals surface area contributed by atoms with Gasteiger partial charge in [0.1, 0.15) is 0 Å². The molecule has 160 valence electrons. The molecule has 3 nitrogen and oxygen atoms in total. The molecule has 3 aromatic carbocycles. The monoisotopic (exact) mass is 472 g/mol. The van der Waals surface area contributed by atoms with Crippen LogP contribution in [-0.2, 0) is 11.2 Å². The van der Waals surface area contributed by atoms with Crippen LogP contribution < -0.4 is 4.90 Å². The van der Waals surface area contributed by atoms with Gasteiger partial charge in [0.15, 0.2) is 0 Å².